The first-order valence-corrected chi connectivity index (χ1v) is 13.5. The third-order valence-corrected chi connectivity index (χ3v) is 8.94. The van der Waals surface area contributed by atoms with Gasteiger partial charge in [-0.3, -0.25) is 9.69 Å². The Morgan fingerprint density at radius 2 is 1.91 bits per heavy atom. The molecule has 1 aliphatic rings. The van der Waals surface area contributed by atoms with Crippen molar-refractivity contribution in [3.05, 3.63) is 53.8 Å². The van der Waals surface area contributed by atoms with E-state index in [0.717, 1.165) is 5.56 Å². The normalized spacial score (nSPS) is 17.4. The molecule has 2 heterocycles. The number of carbonyl (C=O) groups is 1. The van der Waals surface area contributed by atoms with Crippen LogP contribution in [0, 0.1) is 18.7 Å². The molecule has 1 amide bonds. The third kappa shape index (κ3) is 5.14. The molecule has 1 saturated heterocycles. The Kier molecular flexibility index (Phi) is 7.32. The molecule has 10 heteroatoms. The Labute approximate surface area is 203 Å². The number of nitrogens with zero attached hydrogens (tertiary/aromatic N) is 4. The number of amides is 1. The van der Waals surface area contributed by atoms with Crippen LogP contribution in [0.3, 0.4) is 0 Å². The van der Waals surface area contributed by atoms with E-state index in [4.69, 9.17) is 0 Å². The summed E-state index contributed by atoms with van der Waals surface area (Å²) in [5, 5.41) is 0.436. The second-order valence-electron chi connectivity index (χ2n) is 8.89. The second-order valence-corrected chi connectivity index (χ2v) is 11.8. The van der Waals surface area contributed by atoms with Crippen LogP contribution in [0.2, 0.25) is 0 Å². The van der Waals surface area contributed by atoms with Crippen LogP contribution in [-0.4, -0.2) is 68.8 Å². The monoisotopic (exact) mass is 504 g/mol. The van der Waals surface area contributed by atoms with E-state index in [2.05, 4.69) is 4.98 Å². The van der Waals surface area contributed by atoms with Crippen LogP contribution in [0.5, 0.6) is 0 Å². The Morgan fingerprint density at radius 1 is 1.18 bits per heavy atom. The molecule has 34 heavy (non-hydrogen) atoms. The topological polar surface area (TPSA) is 73.8 Å². The molecule has 3 aromatic rings. The lowest BCUT2D eigenvalue weighted by atomic mass is 9.98. The molecule has 1 atom stereocenters. The van der Waals surface area contributed by atoms with Gasteiger partial charge in [-0.25, -0.2) is 17.8 Å². The van der Waals surface area contributed by atoms with Gasteiger partial charge in [-0.1, -0.05) is 35.1 Å². The van der Waals surface area contributed by atoms with Crippen molar-refractivity contribution in [2.24, 2.45) is 5.92 Å². The number of aryl methyl sites for hydroxylation is 1. The van der Waals surface area contributed by atoms with Crippen LogP contribution < -0.4 is 4.90 Å². The summed E-state index contributed by atoms with van der Waals surface area (Å²) in [6.07, 6.45) is 1.19. The molecule has 1 aromatic heterocycles. The third-order valence-electron chi connectivity index (χ3n) is 6.02. The van der Waals surface area contributed by atoms with Gasteiger partial charge in [0.2, 0.25) is 15.9 Å². The van der Waals surface area contributed by atoms with Crippen molar-refractivity contribution in [3.8, 4) is 0 Å². The van der Waals surface area contributed by atoms with Crippen molar-refractivity contribution in [1.82, 2.24) is 14.2 Å². The first-order valence-electron chi connectivity index (χ1n) is 11.2. The molecule has 2 aromatic carbocycles. The number of benzene rings is 2. The zero-order valence-electron chi connectivity index (χ0n) is 19.6. The second kappa shape index (κ2) is 10.1. The van der Waals surface area contributed by atoms with Crippen molar-refractivity contribution in [2.75, 3.05) is 45.2 Å². The molecule has 4 rings (SSSR count). The average molecular weight is 505 g/mol. The number of carbonyl (C=O) groups excluding carboxylic acids is 1. The molecule has 1 aliphatic heterocycles. The highest BCUT2D eigenvalue weighted by atomic mass is 32.2. The number of aromatic nitrogens is 1. The SMILES string of the molecule is Cc1ccc(S(=O)(=O)N2CCCC(C(=O)N(CCN(C)C)c3nc4c(F)cccc4s3)C2)cc1. The fourth-order valence-corrected chi connectivity index (χ4v) is 6.60. The number of rotatable bonds is 7. The summed E-state index contributed by atoms with van der Waals surface area (Å²) < 4.78 is 42.8. The quantitative estimate of drug-likeness (QED) is 0.490. The van der Waals surface area contributed by atoms with E-state index in [1.54, 1.807) is 41.3 Å². The standard InChI is InChI=1S/C24H29FN4O3S2/c1-17-9-11-19(12-10-17)34(31,32)28-13-5-6-18(16-28)23(30)29(15-14-27(2)3)24-26-22-20(25)7-4-8-21(22)33-24/h4,7-12,18H,5-6,13-16H2,1-3H3. The summed E-state index contributed by atoms with van der Waals surface area (Å²) in [5.41, 5.74) is 1.23. The number of halogens is 1. The van der Waals surface area contributed by atoms with E-state index < -0.39 is 21.8 Å². The predicted molar refractivity (Wildman–Crippen MR) is 133 cm³/mol. The number of piperidine rings is 1. The molecule has 0 bridgehead atoms. The van der Waals surface area contributed by atoms with Crippen LogP contribution >= 0.6 is 11.3 Å². The Hall–Kier alpha value is -2.40. The Morgan fingerprint density at radius 3 is 2.59 bits per heavy atom. The summed E-state index contributed by atoms with van der Waals surface area (Å²) in [7, 11) is 0.132. The predicted octanol–water partition coefficient (Wildman–Crippen LogP) is 3.74. The van der Waals surface area contributed by atoms with Crippen molar-refractivity contribution >= 4 is 42.6 Å². The minimum Gasteiger partial charge on any atom is -0.308 e. The molecule has 0 N–H and O–H groups in total. The van der Waals surface area contributed by atoms with Gasteiger partial charge in [-0.2, -0.15) is 4.31 Å². The van der Waals surface area contributed by atoms with Crippen LogP contribution in [0.25, 0.3) is 10.2 Å². The summed E-state index contributed by atoms with van der Waals surface area (Å²) in [6, 6.07) is 11.5. The summed E-state index contributed by atoms with van der Waals surface area (Å²) >= 11 is 1.27. The largest absolute Gasteiger partial charge is 0.308 e. The van der Waals surface area contributed by atoms with E-state index >= 15 is 0 Å². The molecular formula is C24H29FN4O3S2. The fraction of sp³-hybridized carbons (Fsp3) is 0.417. The molecule has 0 saturated carbocycles. The molecule has 0 radical (unpaired) electrons. The highest BCUT2D eigenvalue weighted by Gasteiger charge is 2.36. The highest BCUT2D eigenvalue weighted by Crippen LogP contribution is 2.32. The first-order chi connectivity index (χ1) is 16.2. The zero-order valence-corrected chi connectivity index (χ0v) is 21.2. The lowest BCUT2D eigenvalue weighted by Gasteiger charge is -2.34. The fourth-order valence-electron chi connectivity index (χ4n) is 4.06. The van der Waals surface area contributed by atoms with Crippen LogP contribution in [0.15, 0.2) is 47.4 Å². The minimum absolute atomic E-state index is 0.118. The molecule has 0 aliphatic carbocycles. The highest BCUT2D eigenvalue weighted by molar-refractivity contribution is 7.89. The summed E-state index contributed by atoms with van der Waals surface area (Å²) in [5.74, 6) is -1.09. The van der Waals surface area contributed by atoms with Gasteiger partial charge in [0.05, 0.1) is 15.5 Å². The lowest BCUT2D eigenvalue weighted by molar-refractivity contribution is -0.123. The van der Waals surface area contributed by atoms with Crippen molar-refractivity contribution in [1.29, 1.82) is 0 Å². The van der Waals surface area contributed by atoms with E-state index in [-0.39, 0.29) is 22.9 Å². The molecule has 1 fully saturated rings. The number of para-hydroxylation sites is 1. The number of hydrogen-bond donors (Lipinski definition) is 0. The van der Waals surface area contributed by atoms with Crippen LogP contribution in [0.1, 0.15) is 18.4 Å². The smallest absolute Gasteiger partial charge is 0.243 e. The van der Waals surface area contributed by atoms with Crippen molar-refractivity contribution in [3.63, 3.8) is 0 Å². The first kappa shape index (κ1) is 24.7. The molecule has 1 unspecified atom stereocenters. The van der Waals surface area contributed by atoms with Gasteiger partial charge < -0.3 is 4.90 Å². The van der Waals surface area contributed by atoms with Crippen LogP contribution in [-0.2, 0) is 14.8 Å². The number of likely N-dealkylation sites (N-methyl/N-ethyl adjacent to an activating group) is 1. The molecule has 7 nitrogen and oxygen atoms in total. The van der Waals surface area contributed by atoms with E-state index in [1.807, 2.05) is 25.9 Å². The number of hydrogen-bond acceptors (Lipinski definition) is 6. The van der Waals surface area contributed by atoms with E-state index in [0.29, 0.717) is 42.3 Å². The van der Waals surface area contributed by atoms with Crippen molar-refractivity contribution in [2.45, 2.75) is 24.7 Å². The number of fused-ring (bicyclic) bond motifs is 1. The minimum atomic E-state index is -3.70. The zero-order chi connectivity index (χ0) is 24.5. The molecule has 0 spiro atoms. The molecule has 182 valence electrons. The summed E-state index contributed by atoms with van der Waals surface area (Å²) in [6.45, 7) is 3.38. The van der Waals surface area contributed by atoms with Gasteiger partial charge in [-0.15, -0.1) is 0 Å². The van der Waals surface area contributed by atoms with Gasteiger partial charge in [0.25, 0.3) is 0 Å². The van der Waals surface area contributed by atoms with Crippen molar-refractivity contribution < 1.29 is 17.6 Å². The van der Waals surface area contributed by atoms with E-state index in [9.17, 15) is 17.6 Å². The van der Waals surface area contributed by atoms with Gasteiger partial charge in [0.1, 0.15) is 11.3 Å². The number of anilines is 1. The Bertz CT molecular complexity index is 1280. The summed E-state index contributed by atoms with van der Waals surface area (Å²) in [4.78, 5) is 21.9. The maximum Gasteiger partial charge on any atom is 0.243 e. The molecular weight excluding hydrogens is 475 g/mol. The van der Waals surface area contributed by atoms with Gasteiger partial charge in [0.15, 0.2) is 5.13 Å². The lowest BCUT2D eigenvalue weighted by Crippen LogP contribution is -2.48. The van der Waals surface area contributed by atoms with Gasteiger partial charge >= 0.3 is 0 Å². The Balaban J connectivity index is 1.60. The maximum atomic E-state index is 14.3. The average Bonchev–Trinajstić information content (AvgIpc) is 3.24. The number of thiazole rings is 1. The van der Waals surface area contributed by atoms with Crippen LogP contribution in [0.4, 0.5) is 9.52 Å². The van der Waals surface area contributed by atoms with Gasteiger partial charge in [0, 0.05) is 26.2 Å². The van der Waals surface area contributed by atoms with E-state index in [1.165, 1.54) is 21.7 Å². The van der Waals surface area contributed by atoms with Gasteiger partial charge in [-0.05, 0) is 58.1 Å². The number of sulfonamides is 1. The maximum absolute atomic E-state index is 14.3.